The number of hydrogen-bond donors (Lipinski definition) is 1. The highest BCUT2D eigenvalue weighted by molar-refractivity contribution is 5.34. The van der Waals surface area contributed by atoms with Crippen molar-refractivity contribution in [2.75, 3.05) is 6.54 Å². The van der Waals surface area contributed by atoms with Crippen molar-refractivity contribution in [3.63, 3.8) is 0 Å². The molecular weight excluding hydrogens is 272 g/mol. The summed E-state index contributed by atoms with van der Waals surface area (Å²) < 4.78 is 1.65. The van der Waals surface area contributed by atoms with Crippen molar-refractivity contribution in [3.05, 3.63) is 45.8 Å². The fourth-order valence-electron chi connectivity index (χ4n) is 1.89. The molecule has 112 valence electrons. The summed E-state index contributed by atoms with van der Waals surface area (Å²) in [4.78, 5) is 10.4. The van der Waals surface area contributed by atoms with Crippen molar-refractivity contribution in [1.82, 2.24) is 25.5 Å². The van der Waals surface area contributed by atoms with E-state index in [-0.39, 0.29) is 5.69 Å². The van der Waals surface area contributed by atoms with Gasteiger partial charge < -0.3 is 5.32 Å². The Labute approximate surface area is 122 Å². The average Bonchev–Trinajstić information content (AvgIpc) is 2.86. The number of hydrogen-bond acceptors (Lipinski definition) is 6. The highest BCUT2D eigenvalue weighted by Crippen LogP contribution is 2.14. The largest absolute Gasteiger partial charge is 0.310 e. The third-order valence-electron chi connectivity index (χ3n) is 2.90. The molecule has 0 amide bonds. The highest BCUT2D eigenvalue weighted by Gasteiger charge is 2.10. The predicted molar refractivity (Wildman–Crippen MR) is 76.6 cm³/mol. The second kappa shape index (κ2) is 6.89. The number of nitro groups is 1. The lowest BCUT2D eigenvalue weighted by Gasteiger charge is -2.08. The number of nitrogens with zero attached hydrogens (tertiary/aromatic N) is 5. The van der Waals surface area contributed by atoms with Gasteiger partial charge in [-0.25, -0.2) is 4.68 Å². The van der Waals surface area contributed by atoms with Crippen LogP contribution in [0, 0.1) is 16.0 Å². The van der Waals surface area contributed by atoms with Gasteiger partial charge in [0.15, 0.2) is 5.82 Å². The lowest BCUT2D eigenvalue weighted by molar-refractivity contribution is -0.384. The van der Waals surface area contributed by atoms with Gasteiger partial charge in [-0.1, -0.05) is 26.0 Å². The second-order valence-corrected chi connectivity index (χ2v) is 5.20. The maximum Gasteiger partial charge on any atom is 0.269 e. The van der Waals surface area contributed by atoms with Crippen LogP contribution in [0.1, 0.15) is 25.2 Å². The molecule has 21 heavy (non-hydrogen) atoms. The molecule has 0 aliphatic rings. The van der Waals surface area contributed by atoms with Crippen LogP contribution in [-0.2, 0) is 13.1 Å². The van der Waals surface area contributed by atoms with Gasteiger partial charge in [-0.05, 0) is 28.5 Å². The van der Waals surface area contributed by atoms with Crippen LogP contribution in [0.2, 0.25) is 0 Å². The predicted octanol–water partition coefficient (Wildman–Crippen LogP) is 1.38. The molecule has 1 aromatic heterocycles. The van der Waals surface area contributed by atoms with Gasteiger partial charge in [0.1, 0.15) is 0 Å². The van der Waals surface area contributed by atoms with E-state index in [1.165, 1.54) is 12.1 Å². The second-order valence-electron chi connectivity index (χ2n) is 5.20. The van der Waals surface area contributed by atoms with Crippen molar-refractivity contribution in [1.29, 1.82) is 0 Å². The Morgan fingerprint density at radius 1 is 1.43 bits per heavy atom. The Bertz CT molecular complexity index is 610. The molecule has 0 radical (unpaired) electrons. The first-order valence-electron chi connectivity index (χ1n) is 6.75. The highest BCUT2D eigenvalue weighted by atomic mass is 16.6. The molecule has 0 aliphatic heterocycles. The quantitative estimate of drug-likeness (QED) is 0.611. The molecule has 1 aromatic carbocycles. The van der Waals surface area contributed by atoms with Crippen LogP contribution in [0.5, 0.6) is 0 Å². The maximum absolute atomic E-state index is 10.8. The van der Waals surface area contributed by atoms with Crippen molar-refractivity contribution >= 4 is 5.69 Å². The molecule has 1 N–H and O–H groups in total. The number of benzene rings is 1. The Kier molecular flexibility index (Phi) is 4.94. The van der Waals surface area contributed by atoms with E-state index in [1.54, 1.807) is 10.7 Å². The Balaban J connectivity index is 2.04. The molecule has 0 saturated heterocycles. The zero-order valence-corrected chi connectivity index (χ0v) is 12.1. The van der Waals surface area contributed by atoms with Crippen LogP contribution in [0.25, 0.3) is 0 Å². The van der Waals surface area contributed by atoms with Gasteiger partial charge in [-0.3, -0.25) is 10.1 Å². The van der Waals surface area contributed by atoms with Crippen LogP contribution < -0.4 is 5.32 Å². The van der Waals surface area contributed by atoms with E-state index in [9.17, 15) is 10.1 Å². The van der Waals surface area contributed by atoms with Gasteiger partial charge in [0.2, 0.25) is 0 Å². The Morgan fingerprint density at radius 3 is 2.95 bits per heavy atom. The molecule has 0 atom stereocenters. The molecule has 0 bridgehead atoms. The lowest BCUT2D eigenvalue weighted by atomic mass is 10.2. The summed E-state index contributed by atoms with van der Waals surface area (Å²) in [7, 11) is 0. The van der Waals surface area contributed by atoms with Crippen LogP contribution in [0.15, 0.2) is 24.3 Å². The van der Waals surface area contributed by atoms with E-state index >= 15 is 0 Å². The van der Waals surface area contributed by atoms with Crippen LogP contribution >= 0.6 is 0 Å². The van der Waals surface area contributed by atoms with E-state index < -0.39 is 4.92 Å². The summed E-state index contributed by atoms with van der Waals surface area (Å²) in [5, 5.41) is 25.6. The van der Waals surface area contributed by atoms with E-state index in [1.807, 2.05) is 6.07 Å². The van der Waals surface area contributed by atoms with Crippen molar-refractivity contribution in [2.24, 2.45) is 5.92 Å². The summed E-state index contributed by atoms with van der Waals surface area (Å²) >= 11 is 0. The van der Waals surface area contributed by atoms with Crippen molar-refractivity contribution in [3.8, 4) is 0 Å². The number of tetrazole rings is 1. The smallest absolute Gasteiger partial charge is 0.269 e. The van der Waals surface area contributed by atoms with Gasteiger partial charge in [0, 0.05) is 12.1 Å². The molecule has 0 spiro atoms. The van der Waals surface area contributed by atoms with Crippen molar-refractivity contribution < 1.29 is 4.92 Å². The van der Waals surface area contributed by atoms with Gasteiger partial charge in [-0.15, -0.1) is 5.10 Å². The van der Waals surface area contributed by atoms with Gasteiger partial charge >= 0.3 is 0 Å². The van der Waals surface area contributed by atoms with Gasteiger partial charge in [0.25, 0.3) is 5.69 Å². The first-order chi connectivity index (χ1) is 10.1. The Morgan fingerprint density at radius 2 is 2.24 bits per heavy atom. The van der Waals surface area contributed by atoms with Crippen LogP contribution in [0.3, 0.4) is 0 Å². The number of rotatable bonds is 7. The first kappa shape index (κ1) is 15.0. The third kappa shape index (κ3) is 4.32. The normalized spacial score (nSPS) is 11.0. The van der Waals surface area contributed by atoms with Gasteiger partial charge in [-0.2, -0.15) is 0 Å². The molecule has 0 unspecified atom stereocenters. The molecule has 0 fully saturated rings. The number of nitro benzene ring substituents is 1. The lowest BCUT2D eigenvalue weighted by Crippen LogP contribution is -2.22. The fraction of sp³-hybridized carbons (Fsp3) is 0.462. The number of nitrogens with one attached hydrogen (secondary N) is 1. The SMILES string of the molecule is CC(C)CNCc1nnnn1Cc1cccc([N+](=O)[O-])c1. The minimum atomic E-state index is -0.409. The fourth-order valence-corrected chi connectivity index (χ4v) is 1.89. The molecular formula is C13H18N6O2. The summed E-state index contributed by atoms with van der Waals surface area (Å²) in [6, 6.07) is 6.48. The Hall–Kier alpha value is -2.35. The monoisotopic (exact) mass is 290 g/mol. The van der Waals surface area contributed by atoms with E-state index in [2.05, 4.69) is 34.7 Å². The molecule has 2 rings (SSSR count). The summed E-state index contributed by atoms with van der Waals surface area (Å²) in [6.07, 6.45) is 0. The van der Waals surface area contributed by atoms with E-state index in [0.29, 0.717) is 24.8 Å². The maximum atomic E-state index is 10.8. The van der Waals surface area contributed by atoms with Gasteiger partial charge in [0.05, 0.1) is 18.0 Å². The number of aromatic nitrogens is 4. The zero-order chi connectivity index (χ0) is 15.2. The molecule has 0 saturated carbocycles. The molecule has 0 aliphatic carbocycles. The number of non-ortho nitro benzene ring substituents is 1. The van der Waals surface area contributed by atoms with Crippen LogP contribution in [-0.4, -0.2) is 31.7 Å². The topological polar surface area (TPSA) is 98.8 Å². The van der Waals surface area contributed by atoms with Crippen molar-refractivity contribution in [2.45, 2.75) is 26.9 Å². The first-order valence-corrected chi connectivity index (χ1v) is 6.75. The standard InChI is InChI=1S/C13H18N6O2/c1-10(2)7-14-8-13-15-16-17-18(13)9-11-4-3-5-12(6-11)19(20)21/h3-6,10,14H,7-9H2,1-2H3. The van der Waals surface area contributed by atoms with E-state index in [0.717, 1.165) is 12.1 Å². The molecule has 8 heteroatoms. The average molecular weight is 290 g/mol. The minimum Gasteiger partial charge on any atom is -0.310 e. The summed E-state index contributed by atoms with van der Waals surface area (Å²) in [6.45, 7) is 6.11. The minimum absolute atomic E-state index is 0.0695. The third-order valence-corrected chi connectivity index (χ3v) is 2.90. The molecule has 2 aromatic rings. The molecule has 8 nitrogen and oxygen atoms in total. The summed E-state index contributed by atoms with van der Waals surface area (Å²) in [5.74, 6) is 1.26. The molecule has 1 heterocycles. The van der Waals surface area contributed by atoms with E-state index in [4.69, 9.17) is 0 Å². The summed E-state index contributed by atoms with van der Waals surface area (Å²) in [5.41, 5.74) is 0.863. The van der Waals surface area contributed by atoms with Crippen LogP contribution in [0.4, 0.5) is 5.69 Å². The zero-order valence-electron chi connectivity index (χ0n) is 12.1.